The lowest BCUT2D eigenvalue weighted by Gasteiger charge is -2.17. The molecule has 12 rings (SSSR count). The predicted molar refractivity (Wildman–Crippen MR) is 326 cm³/mol. The molecule has 81 heavy (non-hydrogen) atoms. The predicted octanol–water partition coefficient (Wildman–Crippen LogP) is 17.4. The zero-order chi connectivity index (χ0) is 54.7. The van der Waals surface area contributed by atoms with E-state index < -0.39 is 0 Å². The molecule has 0 N–H and O–H groups in total. The van der Waals surface area contributed by atoms with Crippen molar-refractivity contribution in [1.29, 1.82) is 0 Å². The van der Waals surface area contributed by atoms with E-state index in [4.69, 9.17) is 33.2 Å². The molecule has 0 aliphatic heterocycles. The summed E-state index contributed by atoms with van der Waals surface area (Å²) < 4.78 is 45.9. The third kappa shape index (κ3) is 13.5. The van der Waals surface area contributed by atoms with Crippen molar-refractivity contribution in [1.82, 2.24) is 0 Å². The number of rotatable bonds is 22. The van der Waals surface area contributed by atoms with E-state index in [9.17, 15) is 0 Å². The quantitative estimate of drug-likeness (QED) is 0.0665. The van der Waals surface area contributed by atoms with Crippen molar-refractivity contribution < 1.29 is 33.2 Å². The average molecular weight is 1060 g/mol. The highest BCUT2D eigenvalue weighted by atomic mass is 16.5. The van der Waals surface area contributed by atoms with Crippen LogP contribution in [-0.4, -0.2) is 14.1 Å². The Morgan fingerprint density at radius 1 is 0.210 bits per heavy atom. The van der Waals surface area contributed by atoms with Gasteiger partial charge >= 0.3 is 0 Å². The fourth-order valence-electron chi connectivity index (χ4n) is 9.97. The van der Waals surface area contributed by atoms with Crippen LogP contribution in [0.2, 0.25) is 0 Å². The Hall–Kier alpha value is -9.92. The fourth-order valence-corrected chi connectivity index (χ4v) is 9.97. The first-order chi connectivity index (χ1) is 39.8. The molecule has 0 radical (unpaired) electrons. The maximum Gasteiger partial charge on any atom is 0.123 e. The minimum Gasteiger partial charge on any atom is -0.489 e. The van der Waals surface area contributed by atoms with Gasteiger partial charge in [-0.3, -0.25) is 0 Å². The van der Waals surface area contributed by atoms with Gasteiger partial charge in [0.25, 0.3) is 0 Å². The summed E-state index contributed by atoms with van der Waals surface area (Å²) in [5.41, 5.74) is 7.94. The second-order valence-corrected chi connectivity index (χ2v) is 20.6. The third-order valence-corrected chi connectivity index (χ3v) is 14.2. The number of benzene rings is 12. The molecule has 8 nitrogen and oxygen atoms in total. The Morgan fingerprint density at radius 3 is 0.753 bits per heavy atom. The van der Waals surface area contributed by atoms with E-state index in [2.05, 4.69) is 181 Å². The van der Waals surface area contributed by atoms with Gasteiger partial charge in [-0.05, 0) is 155 Å². The Bertz CT molecular complexity index is 3710. The maximum atomic E-state index is 6.71. The Kier molecular flexibility index (Phi) is 15.6. The Balaban J connectivity index is 0.808. The van der Waals surface area contributed by atoms with Crippen molar-refractivity contribution in [2.24, 2.45) is 0 Å². The van der Waals surface area contributed by atoms with Gasteiger partial charge in [-0.15, -0.1) is 0 Å². The summed E-state index contributed by atoms with van der Waals surface area (Å²) in [4.78, 5) is 2.06. The molecule has 12 aromatic rings. The van der Waals surface area contributed by atoms with Gasteiger partial charge in [0.1, 0.15) is 86.5 Å². The van der Waals surface area contributed by atoms with E-state index in [-0.39, 0.29) is 19.8 Å². The fraction of sp³-hybridized carbons (Fsp3) is 0.123. The summed E-state index contributed by atoms with van der Waals surface area (Å²) in [5.74, 6) is 4.67. The molecule has 0 unspecified atom stereocenters. The first-order valence-electron chi connectivity index (χ1n) is 27.3. The van der Waals surface area contributed by atoms with Crippen LogP contribution in [0.15, 0.2) is 249 Å². The van der Waals surface area contributed by atoms with Crippen molar-refractivity contribution >= 4 is 48.8 Å². The minimum absolute atomic E-state index is 0.225. The zero-order valence-corrected chi connectivity index (χ0v) is 45.4. The SMILES string of the molecule is CN(C)c1cccc(OCc2cc(OCc3cc(OCc4ccc5ccccc5c4)cc(OCc4ccc5ccccc5c4)c3)cc(OCc3cc(OCc4ccc5ccccc5c4)cc(OCc4ccc5ccccc5c4)c3)c2)c1. The van der Waals surface area contributed by atoms with E-state index in [1.807, 2.05) is 86.9 Å². The minimum atomic E-state index is 0.225. The van der Waals surface area contributed by atoms with E-state index in [0.29, 0.717) is 60.9 Å². The molecule has 0 amide bonds. The van der Waals surface area contributed by atoms with Gasteiger partial charge < -0.3 is 38.1 Å². The number of nitrogens with zero attached hydrogens (tertiary/aromatic N) is 1. The molecular formula is C73H61NO7. The van der Waals surface area contributed by atoms with Crippen molar-refractivity contribution in [2.45, 2.75) is 46.2 Å². The van der Waals surface area contributed by atoms with E-state index in [1.54, 1.807) is 0 Å². The van der Waals surface area contributed by atoms with Crippen molar-refractivity contribution in [2.75, 3.05) is 19.0 Å². The zero-order valence-electron chi connectivity index (χ0n) is 45.4. The second kappa shape index (κ2) is 24.4. The highest BCUT2D eigenvalue weighted by molar-refractivity contribution is 5.85. The van der Waals surface area contributed by atoms with Crippen LogP contribution < -0.4 is 38.1 Å². The van der Waals surface area contributed by atoms with Gasteiger partial charge in [0.2, 0.25) is 0 Å². The maximum absolute atomic E-state index is 6.71. The third-order valence-electron chi connectivity index (χ3n) is 14.2. The molecule has 400 valence electrons. The van der Waals surface area contributed by atoms with Crippen molar-refractivity contribution in [3.8, 4) is 40.2 Å². The number of hydrogen-bond acceptors (Lipinski definition) is 8. The Labute approximate surface area is 472 Å². The van der Waals surface area contributed by atoms with Crippen LogP contribution in [0.1, 0.15) is 38.9 Å². The summed E-state index contributed by atoms with van der Waals surface area (Å²) in [7, 11) is 4.03. The van der Waals surface area contributed by atoms with Crippen LogP contribution in [0.25, 0.3) is 43.1 Å². The van der Waals surface area contributed by atoms with Gasteiger partial charge in [-0.1, -0.05) is 152 Å². The summed E-state index contributed by atoms with van der Waals surface area (Å²) in [6.07, 6.45) is 0. The average Bonchev–Trinajstić information content (AvgIpc) is 3.52. The normalized spacial score (nSPS) is 11.2. The first kappa shape index (κ1) is 51.8. The molecule has 12 aromatic carbocycles. The highest BCUT2D eigenvalue weighted by Gasteiger charge is 2.13. The highest BCUT2D eigenvalue weighted by Crippen LogP contribution is 2.32. The molecule has 0 bridgehead atoms. The van der Waals surface area contributed by atoms with Crippen molar-refractivity contribution in [3.63, 3.8) is 0 Å². The van der Waals surface area contributed by atoms with Crippen LogP contribution in [0, 0.1) is 0 Å². The topological polar surface area (TPSA) is 67.9 Å². The number of ether oxygens (including phenoxy) is 7. The van der Waals surface area contributed by atoms with Gasteiger partial charge in [0.05, 0.1) is 0 Å². The molecule has 0 spiro atoms. The van der Waals surface area contributed by atoms with E-state index in [0.717, 1.165) is 50.4 Å². The molecule has 8 heteroatoms. The smallest absolute Gasteiger partial charge is 0.123 e. The number of fused-ring (bicyclic) bond motifs is 4. The molecule has 0 atom stereocenters. The molecule has 0 heterocycles. The molecule has 0 saturated heterocycles. The number of hydrogen-bond donors (Lipinski definition) is 0. The van der Waals surface area contributed by atoms with Gasteiger partial charge in [-0.2, -0.15) is 0 Å². The van der Waals surface area contributed by atoms with Crippen molar-refractivity contribution in [3.05, 3.63) is 288 Å². The van der Waals surface area contributed by atoms with Crippen LogP contribution in [0.5, 0.6) is 40.2 Å². The largest absolute Gasteiger partial charge is 0.489 e. The summed E-state index contributed by atoms with van der Waals surface area (Å²) in [6.45, 7) is 2.27. The lowest BCUT2D eigenvalue weighted by Crippen LogP contribution is -2.08. The monoisotopic (exact) mass is 1060 g/mol. The molecule has 0 fully saturated rings. The second-order valence-electron chi connectivity index (χ2n) is 20.6. The van der Waals surface area contributed by atoms with E-state index in [1.165, 1.54) is 43.1 Å². The molecule has 0 saturated carbocycles. The molecule has 0 aromatic heterocycles. The lowest BCUT2D eigenvalue weighted by atomic mass is 10.1. The first-order valence-corrected chi connectivity index (χ1v) is 27.3. The van der Waals surface area contributed by atoms with Gasteiger partial charge in [0, 0.05) is 44.0 Å². The summed E-state index contributed by atoms with van der Waals surface area (Å²) in [5, 5.41) is 9.42. The van der Waals surface area contributed by atoms with E-state index >= 15 is 0 Å². The number of anilines is 1. The molecule has 0 aliphatic carbocycles. The summed E-state index contributed by atoms with van der Waals surface area (Å²) >= 11 is 0. The Morgan fingerprint density at radius 2 is 0.469 bits per heavy atom. The lowest BCUT2D eigenvalue weighted by molar-refractivity contribution is 0.273. The standard InChI is InChI=1S/C73H61NO7/c1-74(2)66-20-11-21-67(40-66)75-48-55-34-72(80-49-56-36-68(76-44-51-22-26-58-12-3-7-16-62(58)30-51)41-69(37-56)77-45-52-23-27-59-13-4-8-17-63(59)31-52)43-73(35-55)81-50-57-38-70(78-46-53-24-28-60-14-5-9-18-64(60)32-53)42-71(39-57)79-47-54-25-29-61-15-6-10-19-65(61)33-54/h3-43H,44-50H2,1-2H3. The molecule has 0 aliphatic rings. The van der Waals surface area contributed by atoms with Crippen LogP contribution in [-0.2, 0) is 46.2 Å². The van der Waals surface area contributed by atoms with Gasteiger partial charge in [0.15, 0.2) is 0 Å². The van der Waals surface area contributed by atoms with Crippen LogP contribution in [0.4, 0.5) is 5.69 Å². The van der Waals surface area contributed by atoms with Crippen LogP contribution >= 0.6 is 0 Å². The van der Waals surface area contributed by atoms with Crippen LogP contribution in [0.3, 0.4) is 0 Å². The molecular weight excluding hydrogens is 1000 g/mol. The van der Waals surface area contributed by atoms with Gasteiger partial charge in [-0.25, -0.2) is 0 Å². The summed E-state index contributed by atoms with van der Waals surface area (Å²) in [6, 6.07) is 85.0.